The van der Waals surface area contributed by atoms with Crippen LogP contribution in [0.2, 0.25) is 0 Å². The number of halogens is 2. The number of hydrogen-bond acceptors (Lipinski definition) is 3. The van der Waals surface area contributed by atoms with Crippen LogP contribution in [-0.2, 0) is 9.59 Å². The van der Waals surface area contributed by atoms with Gasteiger partial charge in [-0.3, -0.25) is 19.8 Å². The second kappa shape index (κ2) is 9.82. The van der Waals surface area contributed by atoms with Crippen LogP contribution in [0.3, 0.4) is 0 Å². The number of carbonyl (C=O) groups is 3. The third-order valence-electron chi connectivity index (χ3n) is 4.98. The Hall–Kier alpha value is -3.43. The molecule has 3 N–H and O–H groups in total. The van der Waals surface area contributed by atoms with Crippen molar-refractivity contribution < 1.29 is 14.4 Å². The third kappa shape index (κ3) is 5.37. The smallest absolute Gasteiger partial charge is 0.321 e. The fraction of sp³-hybridized carbons (Fsp3) is 0.0800. The van der Waals surface area contributed by atoms with E-state index in [0.717, 1.165) is 20.1 Å². The number of aromatic nitrogens is 1. The molecule has 0 saturated heterocycles. The molecule has 4 aromatic rings. The van der Waals surface area contributed by atoms with E-state index in [1.807, 2.05) is 38.1 Å². The van der Waals surface area contributed by atoms with Gasteiger partial charge in [0.15, 0.2) is 0 Å². The summed E-state index contributed by atoms with van der Waals surface area (Å²) in [6.07, 6.45) is 0. The van der Waals surface area contributed by atoms with Crippen molar-refractivity contribution in [2.75, 3.05) is 16.1 Å². The molecular formula is C25H20Br2N4O3. The van der Waals surface area contributed by atoms with E-state index in [-0.39, 0.29) is 5.69 Å². The number of nitrogens with zero attached hydrogens (tertiary/aromatic N) is 1. The Morgan fingerprint density at radius 3 is 2.15 bits per heavy atom. The molecule has 0 spiro atoms. The zero-order chi connectivity index (χ0) is 24.4. The largest absolute Gasteiger partial charge is 0.328 e. The van der Waals surface area contributed by atoms with Crippen molar-refractivity contribution in [1.82, 2.24) is 4.68 Å². The summed E-state index contributed by atoms with van der Waals surface area (Å²) >= 11 is 6.75. The van der Waals surface area contributed by atoms with E-state index in [4.69, 9.17) is 0 Å². The zero-order valence-electron chi connectivity index (χ0n) is 18.3. The van der Waals surface area contributed by atoms with Crippen molar-refractivity contribution in [3.8, 4) is 0 Å². The molecule has 0 atom stereocenters. The highest BCUT2D eigenvalue weighted by molar-refractivity contribution is 9.10. The SMILES string of the molecule is Cc1cc(C)cc(NC(=O)c2cc3cc(Br)ccc3n2NC(=O)C(=O)Nc2cccc(Br)c2)c1. The van der Waals surface area contributed by atoms with Crippen LogP contribution in [-0.4, -0.2) is 22.4 Å². The molecule has 0 unspecified atom stereocenters. The van der Waals surface area contributed by atoms with Gasteiger partial charge in [-0.15, -0.1) is 0 Å². The fourth-order valence-corrected chi connectivity index (χ4v) is 4.40. The van der Waals surface area contributed by atoms with Gasteiger partial charge in [0.05, 0.1) is 5.52 Å². The zero-order valence-corrected chi connectivity index (χ0v) is 21.5. The highest BCUT2D eigenvalue weighted by Crippen LogP contribution is 2.24. The number of amides is 3. The molecule has 9 heteroatoms. The molecule has 0 aliphatic carbocycles. The average Bonchev–Trinajstić information content (AvgIpc) is 3.10. The van der Waals surface area contributed by atoms with Crippen LogP contribution in [0.25, 0.3) is 10.9 Å². The summed E-state index contributed by atoms with van der Waals surface area (Å²) in [5.41, 5.74) is 6.42. The molecule has 7 nitrogen and oxygen atoms in total. The van der Waals surface area contributed by atoms with Crippen molar-refractivity contribution in [2.45, 2.75) is 13.8 Å². The first kappa shape index (κ1) is 23.7. The van der Waals surface area contributed by atoms with Crippen LogP contribution in [0.4, 0.5) is 11.4 Å². The minimum absolute atomic E-state index is 0.177. The van der Waals surface area contributed by atoms with E-state index in [9.17, 15) is 14.4 Å². The van der Waals surface area contributed by atoms with E-state index in [1.54, 1.807) is 42.5 Å². The minimum Gasteiger partial charge on any atom is -0.321 e. The maximum Gasteiger partial charge on any atom is 0.328 e. The average molecular weight is 584 g/mol. The molecule has 4 rings (SSSR count). The Labute approximate surface area is 212 Å². The summed E-state index contributed by atoms with van der Waals surface area (Å²) in [6.45, 7) is 3.89. The molecule has 3 aromatic carbocycles. The maximum absolute atomic E-state index is 13.2. The molecule has 0 radical (unpaired) electrons. The van der Waals surface area contributed by atoms with Crippen LogP contribution in [0.1, 0.15) is 21.6 Å². The van der Waals surface area contributed by atoms with Gasteiger partial charge in [-0.2, -0.15) is 0 Å². The predicted octanol–water partition coefficient (Wildman–Crippen LogP) is 5.74. The molecule has 0 aliphatic heterocycles. The first-order valence-electron chi connectivity index (χ1n) is 10.3. The lowest BCUT2D eigenvalue weighted by molar-refractivity contribution is -0.133. The Kier molecular flexibility index (Phi) is 6.85. The van der Waals surface area contributed by atoms with Crippen LogP contribution in [0.5, 0.6) is 0 Å². The highest BCUT2D eigenvalue weighted by Gasteiger charge is 2.21. The molecule has 0 saturated carbocycles. The van der Waals surface area contributed by atoms with Gasteiger partial charge < -0.3 is 10.6 Å². The molecular weight excluding hydrogens is 564 g/mol. The van der Waals surface area contributed by atoms with Gasteiger partial charge in [-0.05, 0) is 79.6 Å². The van der Waals surface area contributed by atoms with Crippen molar-refractivity contribution in [3.05, 3.63) is 92.5 Å². The molecule has 172 valence electrons. The fourth-order valence-electron chi connectivity index (χ4n) is 3.62. The van der Waals surface area contributed by atoms with Gasteiger partial charge in [-0.1, -0.05) is 44.0 Å². The minimum atomic E-state index is -0.916. The van der Waals surface area contributed by atoms with Gasteiger partial charge in [-0.25, -0.2) is 4.68 Å². The molecule has 0 fully saturated rings. The number of anilines is 2. The molecule has 1 heterocycles. The Balaban J connectivity index is 1.64. The lowest BCUT2D eigenvalue weighted by Gasteiger charge is -2.13. The monoisotopic (exact) mass is 582 g/mol. The maximum atomic E-state index is 13.2. The number of hydrogen-bond donors (Lipinski definition) is 3. The molecule has 0 aliphatic rings. The van der Waals surface area contributed by atoms with Gasteiger partial charge >= 0.3 is 11.8 Å². The summed E-state index contributed by atoms with van der Waals surface area (Å²) in [7, 11) is 0. The number of aryl methyl sites for hydroxylation is 2. The van der Waals surface area contributed by atoms with Crippen LogP contribution < -0.4 is 16.1 Å². The first-order valence-corrected chi connectivity index (χ1v) is 11.9. The normalized spacial score (nSPS) is 10.7. The summed E-state index contributed by atoms with van der Waals surface area (Å²) in [4.78, 5) is 38.5. The number of benzene rings is 3. The van der Waals surface area contributed by atoms with E-state index < -0.39 is 17.7 Å². The van der Waals surface area contributed by atoms with Crippen molar-refractivity contribution in [1.29, 1.82) is 0 Å². The van der Waals surface area contributed by atoms with E-state index in [0.29, 0.717) is 22.3 Å². The number of fused-ring (bicyclic) bond motifs is 1. The Bertz CT molecular complexity index is 1430. The number of carbonyl (C=O) groups excluding carboxylic acids is 3. The van der Waals surface area contributed by atoms with Crippen molar-refractivity contribution in [3.63, 3.8) is 0 Å². The van der Waals surface area contributed by atoms with Gasteiger partial charge in [0.1, 0.15) is 5.69 Å². The summed E-state index contributed by atoms with van der Waals surface area (Å²) in [5.74, 6) is -2.21. The lowest BCUT2D eigenvalue weighted by atomic mass is 10.1. The standard InChI is InChI=1S/C25H20Br2N4O3/c1-14-8-15(2)10-20(9-14)29-23(32)22-12-16-11-18(27)6-7-21(16)31(22)30-25(34)24(33)28-19-5-3-4-17(26)13-19/h3-13H,1-2H3,(H,28,33)(H,29,32)(H,30,34). The molecule has 3 amide bonds. The topological polar surface area (TPSA) is 92.2 Å². The first-order chi connectivity index (χ1) is 16.2. The summed E-state index contributed by atoms with van der Waals surface area (Å²) in [5, 5.41) is 6.14. The van der Waals surface area contributed by atoms with E-state index in [2.05, 4.69) is 47.9 Å². The second-order valence-corrected chi connectivity index (χ2v) is 9.64. The molecule has 34 heavy (non-hydrogen) atoms. The van der Waals surface area contributed by atoms with Crippen molar-refractivity contribution >= 4 is 71.9 Å². The van der Waals surface area contributed by atoms with E-state index in [1.165, 1.54) is 4.68 Å². The quantitative estimate of drug-likeness (QED) is 0.267. The summed E-state index contributed by atoms with van der Waals surface area (Å²) < 4.78 is 2.90. The van der Waals surface area contributed by atoms with Crippen LogP contribution in [0, 0.1) is 13.8 Å². The van der Waals surface area contributed by atoms with Gasteiger partial charge in [0.2, 0.25) is 0 Å². The Morgan fingerprint density at radius 1 is 0.735 bits per heavy atom. The van der Waals surface area contributed by atoms with E-state index >= 15 is 0 Å². The lowest BCUT2D eigenvalue weighted by Crippen LogP contribution is -2.36. The third-order valence-corrected chi connectivity index (χ3v) is 5.96. The van der Waals surface area contributed by atoms with Crippen molar-refractivity contribution in [2.24, 2.45) is 0 Å². The van der Waals surface area contributed by atoms with Gasteiger partial charge in [0, 0.05) is 25.7 Å². The molecule has 0 bridgehead atoms. The molecule has 1 aromatic heterocycles. The number of rotatable bonds is 4. The summed E-state index contributed by atoms with van der Waals surface area (Å²) in [6, 6.07) is 19.6. The second-order valence-electron chi connectivity index (χ2n) is 7.80. The van der Waals surface area contributed by atoms with Gasteiger partial charge in [0.25, 0.3) is 5.91 Å². The Morgan fingerprint density at radius 2 is 1.44 bits per heavy atom. The highest BCUT2D eigenvalue weighted by atomic mass is 79.9. The van der Waals surface area contributed by atoms with Crippen LogP contribution >= 0.6 is 31.9 Å². The predicted molar refractivity (Wildman–Crippen MR) is 141 cm³/mol. The van der Waals surface area contributed by atoms with Crippen LogP contribution in [0.15, 0.2) is 75.7 Å². The number of nitrogens with one attached hydrogen (secondary N) is 3.